The molecular weight excluding hydrogens is 296 g/mol. The van der Waals surface area contributed by atoms with E-state index < -0.39 is 0 Å². The molecule has 0 amide bonds. The summed E-state index contributed by atoms with van der Waals surface area (Å²) in [6, 6.07) is -0.313. The Labute approximate surface area is 122 Å². The van der Waals surface area contributed by atoms with Gasteiger partial charge in [-0.3, -0.25) is 20.6 Å². The fourth-order valence-electron chi connectivity index (χ4n) is 1.15. The van der Waals surface area contributed by atoms with Gasteiger partial charge in [0, 0.05) is 6.54 Å². The van der Waals surface area contributed by atoms with Crippen molar-refractivity contribution in [3.8, 4) is 0 Å². The van der Waals surface area contributed by atoms with Gasteiger partial charge in [-0.15, -0.1) is 25.3 Å². The van der Waals surface area contributed by atoms with E-state index in [4.69, 9.17) is 46.7 Å². The Morgan fingerprint density at radius 3 is 1.88 bits per heavy atom. The second-order valence-corrected chi connectivity index (χ2v) is 5.39. The van der Waals surface area contributed by atoms with Crippen molar-refractivity contribution < 1.29 is 0 Å². The van der Waals surface area contributed by atoms with Crippen LogP contribution < -0.4 is 11.5 Å². The monoisotopic (exact) mass is 310 g/mol. The van der Waals surface area contributed by atoms with Crippen LogP contribution >= 0.6 is 49.7 Å². The second-order valence-electron chi connectivity index (χ2n) is 3.17. The van der Waals surface area contributed by atoms with Crippen LogP contribution in [-0.2, 0) is 0 Å². The van der Waals surface area contributed by atoms with E-state index in [0.717, 1.165) is 0 Å². The van der Waals surface area contributed by atoms with E-state index in [0.29, 0.717) is 0 Å². The molecule has 0 aliphatic heterocycles. The van der Waals surface area contributed by atoms with Crippen LogP contribution in [0.1, 0.15) is 6.92 Å². The Morgan fingerprint density at radius 1 is 1.18 bits per heavy atom. The third kappa shape index (κ3) is 5.06. The van der Waals surface area contributed by atoms with Crippen LogP contribution in [0.15, 0.2) is 0 Å². The van der Waals surface area contributed by atoms with Crippen LogP contribution in [-0.4, -0.2) is 42.9 Å². The molecule has 0 aromatic carbocycles. The van der Waals surface area contributed by atoms with E-state index in [1.54, 1.807) is 6.92 Å². The molecule has 1 unspecified atom stereocenters. The van der Waals surface area contributed by atoms with Crippen LogP contribution in [0.5, 0.6) is 0 Å². The van der Waals surface area contributed by atoms with Crippen LogP contribution in [0.3, 0.4) is 0 Å². The summed E-state index contributed by atoms with van der Waals surface area (Å²) in [5.74, 6) is -0.462. The predicted octanol–water partition coefficient (Wildman–Crippen LogP) is 0.195. The first-order valence-corrected chi connectivity index (χ1v) is 6.10. The highest BCUT2D eigenvalue weighted by molar-refractivity contribution is 8.11. The van der Waals surface area contributed by atoms with Crippen LogP contribution in [0.25, 0.3) is 0 Å². The Kier molecular flexibility index (Phi) is 6.75. The van der Waals surface area contributed by atoms with E-state index >= 15 is 0 Å². The van der Waals surface area contributed by atoms with Gasteiger partial charge in [0.15, 0.2) is 11.9 Å². The van der Waals surface area contributed by atoms with Gasteiger partial charge in [0.25, 0.3) is 0 Å². The van der Waals surface area contributed by atoms with Crippen molar-refractivity contribution in [2.45, 2.75) is 13.0 Å². The maximum absolute atomic E-state index is 7.38. The molecule has 0 rings (SSSR count). The smallest absolute Gasteiger partial charge is 0.194 e. The summed E-state index contributed by atoms with van der Waals surface area (Å²) in [6.07, 6.45) is 0. The molecule has 0 heterocycles. The summed E-state index contributed by atoms with van der Waals surface area (Å²) in [7, 11) is 0. The zero-order valence-corrected chi connectivity index (χ0v) is 12.5. The Balaban J connectivity index is 4.86. The lowest BCUT2D eigenvalue weighted by molar-refractivity contribution is 0.406. The van der Waals surface area contributed by atoms with Crippen molar-refractivity contribution in [1.82, 2.24) is 9.80 Å². The highest BCUT2D eigenvalue weighted by Gasteiger charge is 2.22. The number of nitrogens with zero attached hydrogens (tertiary/aromatic N) is 2. The molecule has 0 spiro atoms. The molecular formula is C7H14N6S4. The molecule has 0 fully saturated rings. The number of nitrogens with one attached hydrogen (secondary N) is 2. The fourth-order valence-corrected chi connectivity index (χ4v) is 2.10. The Morgan fingerprint density at radius 2 is 1.65 bits per heavy atom. The SMILES string of the molecule is CC(CN(C(=N)N)C(=S)S)N(C(=N)N)C(=S)S. The normalized spacial score (nSPS) is 11.5. The standard InChI is InChI=1S/C7H14N6S4/c1-3(13(5(10)11)7(16)17)2-12(4(8)9)6(14)15/h3H,2H2,1H3,(H3,8,9)(H3,10,11)(H,14,15)(H,16,17). The van der Waals surface area contributed by atoms with E-state index in [2.05, 4.69) is 25.3 Å². The number of rotatable bonds is 3. The average Bonchev–Trinajstić information content (AvgIpc) is 2.11. The molecule has 0 aliphatic rings. The molecule has 0 aromatic heterocycles. The molecule has 0 bridgehead atoms. The van der Waals surface area contributed by atoms with Crippen molar-refractivity contribution in [2.75, 3.05) is 6.54 Å². The summed E-state index contributed by atoms with van der Waals surface area (Å²) in [5.41, 5.74) is 10.7. The number of thiocarbonyl (C=S) groups is 2. The van der Waals surface area contributed by atoms with Crippen LogP contribution in [0.2, 0.25) is 0 Å². The number of guanidine groups is 2. The summed E-state index contributed by atoms with van der Waals surface area (Å²) in [6.45, 7) is 1.99. The Hall–Kier alpha value is -0.580. The third-order valence-electron chi connectivity index (χ3n) is 1.87. The van der Waals surface area contributed by atoms with Gasteiger partial charge in [-0.2, -0.15) is 0 Å². The zero-order chi connectivity index (χ0) is 13.7. The van der Waals surface area contributed by atoms with E-state index in [1.165, 1.54) is 9.80 Å². The van der Waals surface area contributed by atoms with Gasteiger partial charge >= 0.3 is 0 Å². The first-order valence-electron chi connectivity index (χ1n) is 4.39. The summed E-state index contributed by atoms with van der Waals surface area (Å²) >= 11 is 17.7. The zero-order valence-electron chi connectivity index (χ0n) is 9.04. The van der Waals surface area contributed by atoms with E-state index in [-0.39, 0.29) is 33.1 Å². The molecule has 0 saturated carbocycles. The van der Waals surface area contributed by atoms with Crippen molar-refractivity contribution >= 4 is 70.3 Å². The molecule has 0 saturated heterocycles. The second kappa shape index (κ2) is 6.99. The minimum Gasteiger partial charge on any atom is -0.370 e. The lowest BCUT2D eigenvalue weighted by Gasteiger charge is -2.32. The molecule has 17 heavy (non-hydrogen) atoms. The van der Waals surface area contributed by atoms with Gasteiger partial charge in [-0.25, -0.2) is 0 Å². The van der Waals surface area contributed by atoms with Gasteiger partial charge in [0.2, 0.25) is 0 Å². The molecule has 1 atom stereocenters. The molecule has 6 nitrogen and oxygen atoms in total. The number of hydrogen-bond acceptors (Lipinski definition) is 4. The maximum atomic E-state index is 7.38. The highest BCUT2D eigenvalue weighted by Crippen LogP contribution is 2.07. The molecule has 0 aliphatic carbocycles. The summed E-state index contributed by atoms with van der Waals surface area (Å²) < 4.78 is 0.330. The lowest BCUT2D eigenvalue weighted by Crippen LogP contribution is -2.51. The summed E-state index contributed by atoms with van der Waals surface area (Å²) in [5, 5.41) is 14.7. The van der Waals surface area contributed by atoms with E-state index in [9.17, 15) is 0 Å². The molecule has 96 valence electrons. The highest BCUT2D eigenvalue weighted by atomic mass is 32.1. The lowest BCUT2D eigenvalue weighted by atomic mass is 10.3. The van der Waals surface area contributed by atoms with Gasteiger partial charge in [0.05, 0.1) is 6.04 Å². The first kappa shape index (κ1) is 16.4. The topological polar surface area (TPSA) is 106 Å². The van der Waals surface area contributed by atoms with Crippen molar-refractivity contribution in [2.24, 2.45) is 11.5 Å². The minimum atomic E-state index is -0.313. The third-order valence-corrected chi connectivity index (χ3v) is 2.75. The fraction of sp³-hybridized carbons (Fsp3) is 0.429. The average molecular weight is 310 g/mol. The largest absolute Gasteiger partial charge is 0.370 e. The first-order chi connectivity index (χ1) is 7.68. The van der Waals surface area contributed by atoms with Gasteiger partial charge < -0.3 is 11.5 Å². The molecule has 10 heteroatoms. The number of thiol groups is 2. The molecule has 0 radical (unpaired) electrons. The molecule has 6 N–H and O–H groups in total. The van der Waals surface area contributed by atoms with E-state index in [1.807, 2.05) is 0 Å². The summed E-state index contributed by atoms with van der Waals surface area (Å²) in [4.78, 5) is 2.62. The van der Waals surface area contributed by atoms with Crippen molar-refractivity contribution in [1.29, 1.82) is 10.8 Å². The van der Waals surface area contributed by atoms with Crippen LogP contribution in [0.4, 0.5) is 0 Å². The van der Waals surface area contributed by atoms with Crippen molar-refractivity contribution in [3.05, 3.63) is 0 Å². The quantitative estimate of drug-likeness (QED) is 0.192. The number of nitrogens with two attached hydrogens (primary N) is 2. The minimum absolute atomic E-state index is 0.165. The van der Waals surface area contributed by atoms with Crippen LogP contribution in [0, 0.1) is 10.8 Å². The predicted molar refractivity (Wildman–Crippen MR) is 85.0 cm³/mol. The van der Waals surface area contributed by atoms with Gasteiger partial charge in [-0.05, 0) is 6.92 Å². The van der Waals surface area contributed by atoms with Gasteiger partial charge in [0.1, 0.15) is 8.64 Å². The Bertz CT molecular complexity index is 328. The van der Waals surface area contributed by atoms with Crippen molar-refractivity contribution in [3.63, 3.8) is 0 Å². The molecule has 0 aromatic rings. The van der Waals surface area contributed by atoms with Gasteiger partial charge in [-0.1, -0.05) is 24.4 Å². The maximum Gasteiger partial charge on any atom is 0.194 e. The number of hydrogen-bond donors (Lipinski definition) is 6.